The summed E-state index contributed by atoms with van der Waals surface area (Å²) in [5, 5.41) is 14.3. The van der Waals surface area contributed by atoms with E-state index in [2.05, 4.69) is 110 Å². The summed E-state index contributed by atoms with van der Waals surface area (Å²) in [6.45, 7) is 10.1. The molecule has 67 heavy (non-hydrogen) atoms. The summed E-state index contributed by atoms with van der Waals surface area (Å²) in [6.07, 6.45) is 0. The highest BCUT2D eigenvalue weighted by Gasteiger charge is 2.37. The minimum atomic E-state index is -6.09. The van der Waals surface area contributed by atoms with Gasteiger partial charge in [-0.25, -0.2) is 21.6 Å². The standard InChI is InChI=1S/C22H17O2S.C18H12OS.C4H5ClO.2CHF3O3S/c1-15(2)22(23)24-16-11-13-17(14-12-16)25-20-9-5-3-7-18(20)19-8-4-6-10-21(19)25;19-13-9-11-14(12-10-13)20-17-7-3-1-5-15(17)16-6-2-4-8-18(16)20;1-3(2)4(5)6;2*2-1(3,4)8(5,6)7/h3-14H,1H2,2H3;1-12H;1H2,2H3;2*(H,5,6,7)/q+1;;;;/p-1. The Morgan fingerprint density at radius 2 is 0.791 bits per heavy atom. The molecule has 8 rings (SSSR count). The third kappa shape index (κ3) is 14.0. The van der Waals surface area contributed by atoms with E-state index in [1.807, 2.05) is 36.4 Å². The zero-order valence-electron chi connectivity index (χ0n) is 34.7. The van der Waals surface area contributed by atoms with E-state index in [9.17, 15) is 41.0 Å². The summed E-state index contributed by atoms with van der Waals surface area (Å²) in [5.74, 6) is 0.464. The van der Waals surface area contributed by atoms with Crippen LogP contribution in [-0.4, -0.2) is 53.3 Å². The van der Waals surface area contributed by atoms with Crippen molar-refractivity contribution >= 4 is 104 Å². The molecule has 0 aliphatic heterocycles. The van der Waals surface area contributed by atoms with Crippen LogP contribution in [0.2, 0.25) is 0 Å². The summed E-state index contributed by atoms with van der Waals surface area (Å²) >= 11 is 4.87. The van der Waals surface area contributed by atoms with E-state index in [-0.39, 0.29) is 20.9 Å². The minimum absolute atomic E-state index is 0.0599. The maximum Gasteiger partial charge on any atom is 0.485 e. The molecule has 8 aromatic rings. The van der Waals surface area contributed by atoms with Crippen molar-refractivity contribution in [3.8, 4) is 21.3 Å². The molecule has 0 atom stereocenters. The Labute approximate surface area is 390 Å². The molecule has 352 valence electrons. The molecule has 0 aliphatic rings. The Morgan fingerprint density at radius 3 is 1.03 bits per heavy atom. The number of thiophene rings is 2. The molecule has 0 bridgehead atoms. The van der Waals surface area contributed by atoms with Crippen molar-refractivity contribution in [3.05, 3.63) is 170 Å². The number of ether oxygens (including phenoxy) is 1. The van der Waals surface area contributed by atoms with E-state index in [0.717, 1.165) is 0 Å². The lowest BCUT2D eigenvalue weighted by Crippen LogP contribution is -2.21. The smallest absolute Gasteiger partial charge is 0.485 e. The van der Waals surface area contributed by atoms with Gasteiger partial charge in [0.15, 0.2) is 48.8 Å². The summed E-state index contributed by atoms with van der Waals surface area (Å²) < 4.78 is 129. The number of esters is 1. The zero-order chi connectivity index (χ0) is 50.1. The van der Waals surface area contributed by atoms with Gasteiger partial charge in [0.1, 0.15) is 11.5 Å². The number of fused-ring (bicyclic) bond motifs is 6. The topological polar surface area (TPSA) is 178 Å². The van der Waals surface area contributed by atoms with Crippen molar-refractivity contribution in [1.82, 2.24) is 0 Å². The van der Waals surface area contributed by atoms with Crippen LogP contribution in [0.15, 0.2) is 170 Å². The first-order valence-corrected chi connectivity index (χ1v) is 24.3. The lowest BCUT2D eigenvalue weighted by atomic mass is 10.2. The number of aromatic hydroxyl groups is 1. The number of phenolic OH excluding ortho intramolecular Hbond substituents is 1. The van der Waals surface area contributed by atoms with Gasteiger partial charge in [-0.2, -0.15) is 26.3 Å². The second-order valence-corrected chi connectivity index (χ2v) is 20.6. The molecule has 1 N–H and O–H groups in total. The predicted octanol–water partition coefficient (Wildman–Crippen LogP) is 13.1. The van der Waals surface area contributed by atoms with Gasteiger partial charge in [0.2, 0.25) is 5.24 Å². The second kappa shape index (κ2) is 22.1. The van der Waals surface area contributed by atoms with Gasteiger partial charge in [-0.15, -0.1) is 0 Å². The summed E-state index contributed by atoms with van der Waals surface area (Å²) in [4.78, 5) is 23.9. The molecule has 0 saturated heterocycles. The van der Waals surface area contributed by atoms with Crippen molar-refractivity contribution in [2.45, 2.75) is 24.9 Å². The second-order valence-electron chi connectivity index (χ2n) is 13.6. The van der Waals surface area contributed by atoms with E-state index >= 15 is 0 Å². The molecule has 0 spiro atoms. The number of phenols is 1. The van der Waals surface area contributed by atoms with Crippen LogP contribution in [-0.2, 0) is 29.8 Å². The lowest BCUT2D eigenvalue weighted by Gasteiger charge is -2.08. The first-order valence-electron chi connectivity index (χ1n) is 18.7. The highest BCUT2D eigenvalue weighted by Crippen LogP contribution is 2.49. The number of carbonyl (C=O) groups is 2. The average molecular weight is 1030 g/mol. The number of rotatable bonds is 5. The molecule has 2 aromatic heterocycles. The van der Waals surface area contributed by atoms with Gasteiger partial charge in [0.25, 0.3) is 0 Å². The first-order chi connectivity index (χ1) is 31.1. The Bertz CT molecular complexity index is 3150. The van der Waals surface area contributed by atoms with Crippen LogP contribution in [0.3, 0.4) is 0 Å². The normalized spacial score (nSPS) is 11.4. The average Bonchev–Trinajstić information content (AvgIpc) is 3.77. The van der Waals surface area contributed by atoms with Crippen molar-refractivity contribution in [1.29, 1.82) is 0 Å². The SMILES string of the molecule is C=C(C)C(=O)Cl.C=C(C)C(=O)Oc1ccc(-[s+]2c3ccccc3c3ccccc32)cc1.O=S(=O)([O-])C(F)(F)F.O=S(=O)([O-])C(F)(F)F.Oc1ccc(-[s+]2c3ccccc3c3ccccc32)cc1. The van der Waals surface area contributed by atoms with Gasteiger partial charge in [0, 0.05) is 77.9 Å². The quantitative estimate of drug-likeness (QED) is 0.0255. The number of benzene rings is 6. The van der Waals surface area contributed by atoms with Crippen LogP contribution >= 0.6 is 32.5 Å². The maximum absolute atomic E-state index is 11.7. The number of allylic oxidation sites excluding steroid dienone is 1. The molecule has 0 radical (unpaired) electrons. The van der Waals surface area contributed by atoms with E-state index in [1.165, 1.54) is 50.1 Å². The third-order valence-electron chi connectivity index (χ3n) is 8.60. The maximum atomic E-state index is 11.7. The van der Waals surface area contributed by atoms with E-state index < -0.39 is 42.5 Å². The predicted molar refractivity (Wildman–Crippen MR) is 250 cm³/mol. The number of carbonyl (C=O) groups excluding carboxylic acids is 2. The van der Waals surface area contributed by atoms with Gasteiger partial charge in [-0.05, 0) is 98.2 Å². The Morgan fingerprint density at radius 1 is 0.537 bits per heavy atom. The molecule has 0 fully saturated rings. The molecule has 0 aliphatic carbocycles. The molecule has 2 heterocycles. The van der Waals surface area contributed by atoms with E-state index in [4.69, 9.17) is 42.3 Å². The minimum Gasteiger partial charge on any atom is -0.741 e. The fraction of sp³-hybridized carbons (Fsp3) is 0.0870. The zero-order valence-corrected chi connectivity index (χ0v) is 38.7. The number of hydrogen-bond acceptors (Lipinski definition) is 10. The number of halogens is 7. The largest absolute Gasteiger partial charge is 0.741 e. The summed E-state index contributed by atoms with van der Waals surface area (Å²) in [5.41, 5.74) is -10.5. The number of hydrogen-bond donors (Lipinski definition) is 1. The van der Waals surface area contributed by atoms with Crippen molar-refractivity contribution in [3.63, 3.8) is 0 Å². The Hall–Kier alpha value is -6.13. The van der Waals surface area contributed by atoms with Crippen LogP contribution in [0, 0.1) is 0 Å². The highest BCUT2D eigenvalue weighted by atomic mass is 35.5. The summed E-state index contributed by atoms with van der Waals surface area (Å²) in [7, 11) is -12.4. The van der Waals surface area contributed by atoms with Crippen LogP contribution in [0.5, 0.6) is 11.5 Å². The summed E-state index contributed by atoms with van der Waals surface area (Å²) in [6, 6.07) is 49.7. The van der Waals surface area contributed by atoms with Gasteiger partial charge in [-0.3, -0.25) is 4.79 Å². The van der Waals surface area contributed by atoms with Crippen LogP contribution < -0.4 is 4.74 Å². The monoisotopic (exact) mass is 1020 g/mol. The van der Waals surface area contributed by atoms with Gasteiger partial charge < -0.3 is 18.9 Å². The molecule has 0 saturated carbocycles. The van der Waals surface area contributed by atoms with Gasteiger partial charge in [-0.1, -0.05) is 61.7 Å². The van der Waals surface area contributed by atoms with Crippen LogP contribution in [0.25, 0.3) is 50.1 Å². The lowest BCUT2D eigenvalue weighted by molar-refractivity contribution is -0.130. The fourth-order valence-electron chi connectivity index (χ4n) is 5.63. The molecule has 21 heteroatoms. The van der Waals surface area contributed by atoms with Crippen molar-refractivity contribution < 1.29 is 71.7 Å². The molecular weight excluding hydrogens is 990 g/mol. The first kappa shape index (κ1) is 53.5. The van der Waals surface area contributed by atoms with Crippen LogP contribution in [0.4, 0.5) is 26.3 Å². The molecule has 0 amide bonds. The highest BCUT2D eigenvalue weighted by molar-refractivity contribution is 7.86. The van der Waals surface area contributed by atoms with E-state index in [0.29, 0.717) is 22.6 Å². The van der Waals surface area contributed by atoms with Crippen molar-refractivity contribution in [2.75, 3.05) is 0 Å². The molecule has 0 unspecified atom stereocenters. The molecule has 10 nitrogen and oxygen atoms in total. The number of alkyl halides is 6. The van der Waals surface area contributed by atoms with Crippen molar-refractivity contribution in [2.24, 2.45) is 0 Å². The Balaban J connectivity index is 0.000000207. The molecular formula is C46H35ClF6O10S4. The Kier molecular flexibility index (Phi) is 17.7. The van der Waals surface area contributed by atoms with Gasteiger partial charge >= 0.3 is 17.0 Å². The fourth-order valence-corrected chi connectivity index (χ4v) is 10.4. The van der Waals surface area contributed by atoms with E-state index in [1.54, 1.807) is 26.0 Å². The van der Waals surface area contributed by atoms with Gasteiger partial charge in [0.05, 0.1) is 0 Å². The third-order valence-corrected chi connectivity index (χ3v) is 14.7. The molecule has 6 aromatic carbocycles. The van der Waals surface area contributed by atoms with Crippen LogP contribution in [0.1, 0.15) is 13.8 Å².